The van der Waals surface area contributed by atoms with Gasteiger partial charge in [-0.15, -0.1) is 15.3 Å². The first-order chi connectivity index (χ1) is 13.3. The van der Waals surface area contributed by atoms with Crippen LogP contribution in [0, 0.1) is 0 Å². The highest BCUT2D eigenvalue weighted by Gasteiger charge is 2.28. The predicted molar refractivity (Wildman–Crippen MR) is 96.8 cm³/mol. The molecule has 2 saturated heterocycles. The van der Waals surface area contributed by atoms with Crippen LogP contribution in [-0.4, -0.2) is 63.2 Å². The molecule has 27 heavy (non-hydrogen) atoms. The molecule has 5 heterocycles. The summed E-state index contributed by atoms with van der Waals surface area (Å²) in [4.78, 5) is 8.77. The molecule has 0 unspecified atom stereocenters. The van der Waals surface area contributed by atoms with Crippen molar-refractivity contribution in [3.8, 4) is 0 Å². The van der Waals surface area contributed by atoms with E-state index in [-0.39, 0.29) is 0 Å². The summed E-state index contributed by atoms with van der Waals surface area (Å²) in [6, 6.07) is 4.59. The molecular weight excluding hydrogens is 348 g/mol. The van der Waals surface area contributed by atoms with Gasteiger partial charge in [-0.05, 0) is 31.4 Å². The molecule has 10 nitrogen and oxygen atoms in total. The minimum Gasteiger partial charge on any atom is -0.377 e. The molecule has 5 rings (SSSR count). The number of anilines is 2. The number of ether oxygens (including phenoxy) is 1. The van der Waals surface area contributed by atoms with Crippen molar-refractivity contribution < 1.29 is 9.26 Å². The molecule has 3 aromatic heterocycles. The minimum atomic E-state index is 0.316. The number of fused-ring (bicyclic) bond motifs is 1. The molecule has 2 fully saturated rings. The van der Waals surface area contributed by atoms with Crippen molar-refractivity contribution in [1.82, 2.24) is 30.0 Å². The molecule has 142 valence electrons. The SMILES string of the molecule is COCc1noc(N2CCC(c3nnc4ccc(N5CCC5)nn34)CC2)n1. The topological polar surface area (TPSA) is 97.7 Å². The van der Waals surface area contributed by atoms with E-state index in [2.05, 4.69) is 30.1 Å². The summed E-state index contributed by atoms with van der Waals surface area (Å²) in [6.45, 7) is 4.17. The second kappa shape index (κ2) is 6.76. The van der Waals surface area contributed by atoms with E-state index in [0.29, 0.717) is 24.4 Å². The fourth-order valence-corrected chi connectivity index (χ4v) is 3.65. The van der Waals surface area contributed by atoms with Gasteiger partial charge in [-0.25, -0.2) is 0 Å². The van der Waals surface area contributed by atoms with Gasteiger partial charge in [-0.2, -0.15) is 9.50 Å². The van der Waals surface area contributed by atoms with Crippen LogP contribution < -0.4 is 9.80 Å². The van der Waals surface area contributed by atoms with Crippen molar-refractivity contribution in [2.75, 3.05) is 43.1 Å². The Labute approximate surface area is 156 Å². The first-order valence-corrected chi connectivity index (χ1v) is 9.35. The van der Waals surface area contributed by atoms with Gasteiger partial charge < -0.3 is 19.1 Å². The van der Waals surface area contributed by atoms with Crippen LogP contribution in [0.15, 0.2) is 16.7 Å². The van der Waals surface area contributed by atoms with Gasteiger partial charge in [0, 0.05) is 39.2 Å². The van der Waals surface area contributed by atoms with Crippen LogP contribution in [0.3, 0.4) is 0 Å². The van der Waals surface area contributed by atoms with Gasteiger partial charge in [0.15, 0.2) is 17.3 Å². The Morgan fingerprint density at radius 3 is 2.70 bits per heavy atom. The highest BCUT2D eigenvalue weighted by Crippen LogP contribution is 2.29. The third kappa shape index (κ3) is 2.99. The number of nitrogens with zero attached hydrogens (tertiary/aromatic N) is 8. The zero-order valence-corrected chi connectivity index (χ0v) is 15.3. The van der Waals surface area contributed by atoms with Gasteiger partial charge in [0.25, 0.3) is 0 Å². The van der Waals surface area contributed by atoms with Crippen molar-refractivity contribution in [3.63, 3.8) is 0 Å². The highest BCUT2D eigenvalue weighted by molar-refractivity contribution is 5.47. The standard InChI is InChI=1S/C17H22N8O2/c1-26-11-13-18-17(27-22-13)24-9-5-12(6-10-24)16-20-19-14-3-4-15(21-25(14)16)23-7-2-8-23/h3-4,12H,2,5-11H2,1H3. The number of aromatic nitrogens is 6. The number of hydrogen-bond donors (Lipinski definition) is 0. The Morgan fingerprint density at radius 1 is 1.11 bits per heavy atom. The Balaban J connectivity index is 1.31. The molecule has 0 spiro atoms. The molecule has 10 heteroatoms. The molecule has 0 N–H and O–H groups in total. The van der Waals surface area contributed by atoms with Crippen LogP contribution in [-0.2, 0) is 11.3 Å². The summed E-state index contributed by atoms with van der Waals surface area (Å²) in [5.74, 6) is 2.83. The molecule has 0 bridgehead atoms. The third-order valence-corrected chi connectivity index (χ3v) is 5.31. The first-order valence-electron chi connectivity index (χ1n) is 9.35. The van der Waals surface area contributed by atoms with Gasteiger partial charge in [0.2, 0.25) is 0 Å². The fraction of sp³-hybridized carbons (Fsp3) is 0.588. The van der Waals surface area contributed by atoms with Crippen molar-refractivity contribution in [1.29, 1.82) is 0 Å². The van der Waals surface area contributed by atoms with E-state index in [0.717, 1.165) is 56.3 Å². The van der Waals surface area contributed by atoms with Gasteiger partial charge in [-0.1, -0.05) is 5.16 Å². The van der Waals surface area contributed by atoms with Crippen LogP contribution in [0.4, 0.5) is 11.8 Å². The van der Waals surface area contributed by atoms with Crippen LogP contribution in [0.1, 0.15) is 36.8 Å². The van der Waals surface area contributed by atoms with E-state index >= 15 is 0 Å². The summed E-state index contributed by atoms with van der Waals surface area (Å²) in [5, 5.41) is 17.5. The molecule has 2 aliphatic heterocycles. The Bertz CT molecular complexity index is 926. The number of rotatable bonds is 5. The summed E-state index contributed by atoms with van der Waals surface area (Å²) in [5.41, 5.74) is 0.804. The highest BCUT2D eigenvalue weighted by atomic mass is 16.5. The maximum atomic E-state index is 5.35. The lowest BCUT2D eigenvalue weighted by atomic mass is 9.96. The second-order valence-corrected chi connectivity index (χ2v) is 7.05. The summed E-state index contributed by atoms with van der Waals surface area (Å²) in [7, 11) is 1.62. The maximum absolute atomic E-state index is 5.35. The fourth-order valence-electron chi connectivity index (χ4n) is 3.65. The first kappa shape index (κ1) is 16.4. The van der Waals surface area contributed by atoms with Crippen molar-refractivity contribution in [2.24, 2.45) is 0 Å². The van der Waals surface area contributed by atoms with E-state index in [4.69, 9.17) is 14.4 Å². The van der Waals surface area contributed by atoms with E-state index in [1.807, 2.05) is 16.6 Å². The van der Waals surface area contributed by atoms with Crippen LogP contribution in [0.25, 0.3) is 5.65 Å². The Morgan fingerprint density at radius 2 is 1.96 bits per heavy atom. The zero-order valence-electron chi connectivity index (χ0n) is 15.3. The molecular formula is C17H22N8O2. The number of hydrogen-bond acceptors (Lipinski definition) is 9. The molecule has 0 saturated carbocycles. The van der Waals surface area contributed by atoms with Crippen LogP contribution >= 0.6 is 0 Å². The number of piperidine rings is 1. The van der Waals surface area contributed by atoms with E-state index in [1.165, 1.54) is 6.42 Å². The van der Waals surface area contributed by atoms with E-state index < -0.39 is 0 Å². The predicted octanol–water partition coefficient (Wildman–Crippen LogP) is 1.25. The van der Waals surface area contributed by atoms with Crippen molar-refractivity contribution >= 4 is 17.5 Å². The third-order valence-electron chi connectivity index (χ3n) is 5.31. The summed E-state index contributed by atoms with van der Waals surface area (Å²) in [6.07, 6.45) is 3.12. The molecule has 0 radical (unpaired) electrons. The van der Waals surface area contributed by atoms with Gasteiger partial charge in [-0.3, -0.25) is 0 Å². The Kier molecular flexibility index (Phi) is 4.12. The maximum Gasteiger partial charge on any atom is 0.324 e. The molecule has 0 atom stereocenters. The molecule has 0 aromatic carbocycles. The van der Waals surface area contributed by atoms with E-state index in [9.17, 15) is 0 Å². The smallest absolute Gasteiger partial charge is 0.324 e. The summed E-state index contributed by atoms with van der Waals surface area (Å²) >= 11 is 0. The van der Waals surface area contributed by atoms with Crippen molar-refractivity contribution in [2.45, 2.75) is 31.8 Å². The summed E-state index contributed by atoms with van der Waals surface area (Å²) < 4.78 is 12.3. The minimum absolute atomic E-state index is 0.316. The lowest BCUT2D eigenvalue weighted by Gasteiger charge is -2.32. The van der Waals surface area contributed by atoms with Crippen LogP contribution in [0.2, 0.25) is 0 Å². The molecule has 0 amide bonds. The average molecular weight is 370 g/mol. The Hall–Kier alpha value is -2.75. The molecule has 3 aromatic rings. The molecule has 0 aliphatic carbocycles. The van der Waals surface area contributed by atoms with Crippen molar-refractivity contribution in [3.05, 3.63) is 23.8 Å². The lowest BCUT2D eigenvalue weighted by Crippen LogP contribution is -2.38. The zero-order chi connectivity index (χ0) is 18.2. The van der Waals surface area contributed by atoms with Gasteiger partial charge in [0.05, 0.1) is 0 Å². The number of methoxy groups -OCH3 is 1. The van der Waals surface area contributed by atoms with Gasteiger partial charge >= 0.3 is 6.01 Å². The molecule has 2 aliphatic rings. The largest absolute Gasteiger partial charge is 0.377 e. The quantitative estimate of drug-likeness (QED) is 0.657. The van der Waals surface area contributed by atoms with Gasteiger partial charge in [0.1, 0.15) is 12.4 Å². The monoisotopic (exact) mass is 370 g/mol. The van der Waals surface area contributed by atoms with Crippen LogP contribution in [0.5, 0.6) is 0 Å². The normalized spacial score (nSPS) is 18.3. The lowest BCUT2D eigenvalue weighted by molar-refractivity contribution is 0.174. The second-order valence-electron chi connectivity index (χ2n) is 7.05. The van der Waals surface area contributed by atoms with E-state index in [1.54, 1.807) is 7.11 Å². The average Bonchev–Trinajstić information content (AvgIpc) is 3.28.